The molecule has 7 heteroatoms. The monoisotopic (exact) mass is 250 g/mol. The number of hydrogen-bond donors (Lipinski definition) is 1. The van der Waals surface area contributed by atoms with Gasteiger partial charge in [0.2, 0.25) is 0 Å². The maximum Gasteiger partial charge on any atom is 0.295 e. The van der Waals surface area contributed by atoms with Crippen LogP contribution in [0.2, 0.25) is 0 Å². The fourth-order valence-electron chi connectivity index (χ4n) is 1.16. The lowest BCUT2D eigenvalue weighted by atomic mass is 10.3. The van der Waals surface area contributed by atoms with Crippen molar-refractivity contribution in [1.29, 1.82) is 0 Å². The van der Waals surface area contributed by atoms with E-state index in [9.17, 15) is 4.79 Å². The summed E-state index contributed by atoms with van der Waals surface area (Å²) in [5.74, 6) is -0.431. The molecule has 2 aromatic heterocycles. The van der Waals surface area contributed by atoms with Crippen LogP contribution in [0.1, 0.15) is 28.0 Å². The molecule has 0 fully saturated rings. The molecule has 0 unspecified atom stereocenters. The maximum atomic E-state index is 11.6. The van der Waals surface area contributed by atoms with E-state index in [4.69, 9.17) is 0 Å². The number of nitrogens with one attached hydrogen (secondary N) is 1. The zero-order chi connectivity index (χ0) is 12.3. The highest BCUT2D eigenvalue weighted by molar-refractivity contribution is 7.12. The molecule has 0 saturated carbocycles. The van der Waals surface area contributed by atoms with Gasteiger partial charge in [0.05, 0.1) is 5.71 Å². The second-order valence-electron chi connectivity index (χ2n) is 3.31. The molecule has 1 amide bonds. The first-order valence-electron chi connectivity index (χ1n) is 4.86. The van der Waals surface area contributed by atoms with E-state index >= 15 is 0 Å². The second-order valence-corrected chi connectivity index (χ2v) is 4.26. The Morgan fingerprint density at radius 1 is 1.53 bits per heavy atom. The van der Waals surface area contributed by atoms with Gasteiger partial charge >= 0.3 is 0 Å². The fourth-order valence-corrected chi connectivity index (χ4v) is 1.84. The quantitative estimate of drug-likeness (QED) is 0.662. The van der Waals surface area contributed by atoms with Crippen molar-refractivity contribution in [2.75, 3.05) is 0 Å². The minimum absolute atomic E-state index is 0.146. The van der Waals surface area contributed by atoms with Crippen LogP contribution in [0.15, 0.2) is 27.2 Å². The highest BCUT2D eigenvalue weighted by Gasteiger charge is 2.14. The summed E-state index contributed by atoms with van der Waals surface area (Å²) in [6.07, 6.45) is 0. The van der Waals surface area contributed by atoms with Gasteiger partial charge in [0.15, 0.2) is 5.69 Å². The van der Waals surface area contributed by atoms with Crippen LogP contribution in [-0.4, -0.2) is 21.9 Å². The summed E-state index contributed by atoms with van der Waals surface area (Å²) in [7, 11) is 0. The van der Waals surface area contributed by atoms with Gasteiger partial charge in [-0.25, -0.2) is 10.1 Å². The number of carbonyl (C=O) groups is 1. The summed E-state index contributed by atoms with van der Waals surface area (Å²) in [6.45, 7) is 3.46. The highest BCUT2D eigenvalue weighted by atomic mass is 32.1. The molecule has 88 valence electrons. The molecule has 0 atom stereocenters. The average Bonchev–Trinajstić information content (AvgIpc) is 2.95. The third kappa shape index (κ3) is 2.56. The van der Waals surface area contributed by atoms with Gasteiger partial charge in [0.25, 0.3) is 5.91 Å². The number of hydrogen-bond acceptors (Lipinski definition) is 6. The van der Waals surface area contributed by atoms with Crippen molar-refractivity contribution in [1.82, 2.24) is 15.7 Å². The smallest absolute Gasteiger partial charge is 0.265 e. The van der Waals surface area contributed by atoms with Gasteiger partial charge in [-0.05, 0) is 30.5 Å². The number of aryl methyl sites for hydroxylation is 1. The fraction of sp³-hybridized carbons (Fsp3) is 0.200. The van der Waals surface area contributed by atoms with E-state index in [1.54, 1.807) is 18.3 Å². The summed E-state index contributed by atoms with van der Waals surface area (Å²) < 4.78 is 4.44. The number of carbonyl (C=O) groups excluding carboxylic acids is 1. The minimum Gasteiger partial charge on any atom is -0.265 e. The summed E-state index contributed by atoms with van der Waals surface area (Å²) in [4.78, 5) is 12.6. The van der Waals surface area contributed by atoms with Crippen molar-refractivity contribution in [2.24, 2.45) is 5.10 Å². The standard InChI is InChI=1S/C10H10N4O2S/c1-6(8-4-3-5-17-8)11-12-10(15)9-7(2)13-16-14-9/h3-5H,1-2H3,(H,12,15)/b11-6+. The van der Waals surface area contributed by atoms with Gasteiger partial charge in [-0.3, -0.25) is 4.79 Å². The largest absolute Gasteiger partial charge is 0.295 e. The van der Waals surface area contributed by atoms with Crippen molar-refractivity contribution < 1.29 is 9.42 Å². The van der Waals surface area contributed by atoms with Crippen molar-refractivity contribution in [3.05, 3.63) is 33.8 Å². The Morgan fingerprint density at radius 3 is 2.94 bits per heavy atom. The van der Waals surface area contributed by atoms with Gasteiger partial charge in [-0.15, -0.1) is 11.3 Å². The molecule has 0 aliphatic heterocycles. The van der Waals surface area contributed by atoms with Crippen molar-refractivity contribution in [3.8, 4) is 0 Å². The van der Waals surface area contributed by atoms with E-state index < -0.39 is 5.91 Å². The van der Waals surface area contributed by atoms with Gasteiger partial charge < -0.3 is 0 Å². The molecule has 0 aliphatic carbocycles. The van der Waals surface area contributed by atoms with Gasteiger partial charge in [0.1, 0.15) is 5.69 Å². The Kier molecular flexibility index (Phi) is 3.29. The third-order valence-corrected chi connectivity index (χ3v) is 3.05. The Hall–Kier alpha value is -2.02. The molecule has 6 nitrogen and oxygen atoms in total. The van der Waals surface area contributed by atoms with Crippen LogP contribution in [0.5, 0.6) is 0 Å². The summed E-state index contributed by atoms with van der Waals surface area (Å²) >= 11 is 1.55. The lowest BCUT2D eigenvalue weighted by Gasteiger charge is -1.98. The van der Waals surface area contributed by atoms with E-state index in [1.165, 1.54) is 0 Å². The number of thiophene rings is 1. The van der Waals surface area contributed by atoms with Gasteiger partial charge in [-0.1, -0.05) is 11.2 Å². The number of nitrogens with zero attached hydrogens (tertiary/aromatic N) is 3. The van der Waals surface area contributed by atoms with Crippen molar-refractivity contribution in [3.63, 3.8) is 0 Å². The third-order valence-electron chi connectivity index (χ3n) is 2.07. The van der Waals surface area contributed by atoms with Crippen LogP contribution in [0.4, 0.5) is 0 Å². The summed E-state index contributed by atoms with van der Waals surface area (Å²) in [5.41, 5.74) is 3.73. The molecule has 0 spiro atoms. The summed E-state index contributed by atoms with van der Waals surface area (Å²) in [6, 6.07) is 3.85. The molecule has 2 aromatic rings. The molecular weight excluding hydrogens is 240 g/mol. The highest BCUT2D eigenvalue weighted by Crippen LogP contribution is 2.09. The second kappa shape index (κ2) is 4.88. The van der Waals surface area contributed by atoms with Gasteiger partial charge in [-0.2, -0.15) is 5.10 Å². The van der Waals surface area contributed by atoms with Crippen LogP contribution >= 0.6 is 11.3 Å². The van der Waals surface area contributed by atoms with Gasteiger partial charge in [0, 0.05) is 4.88 Å². The zero-order valence-electron chi connectivity index (χ0n) is 9.30. The Bertz CT molecular complexity index is 544. The molecule has 1 N–H and O–H groups in total. The van der Waals surface area contributed by atoms with E-state index in [-0.39, 0.29) is 5.69 Å². The van der Waals surface area contributed by atoms with Crippen LogP contribution < -0.4 is 5.43 Å². The first kappa shape index (κ1) is 11.5. The molecular formula is C10H10N4O2S. The maximum absolute atomic E-state index is 11.6. The van der Waals surface area contributed by atoms with E-state index in [1.807, 2.05) is 24.4 Å². The van der Waals surface area contributed by atoms with Crippen molar-refractivity contribution >= 4 is 23.0 Å². The minimum atomic E-state index is -0.431. The predicted octanol–water partition coefficient (Wildman–Crippen LogP) is 1.59. The lowest BCUT2D eigenvalue weighted by molar-refractivity contribution is 0.0944. The molecule has 0 aromatic carbocycles. The topological polar surface area (TPSA) is 80.4 Å². The molecule has 0 saturated heterocycles. The number of aromatic nitrogens is 2. The van der Waals surface area contributed by atoms with Crippen LogP contribution in [0, 0.1) is 6.92 Å². The Balaban J connectivity index is 2.06. The Morgan fingerprint density at radius 2 is 2.35 bits per heavy atom. The first-order chi connectivity index (χ1) is 8.18. The molecule has 2 rings (SSSR count). The van der Waals surface area contributed by atoms with E-state index in [0.717, 1.165) is 10.6 Å². The number of rotatable bonds is 3. The van der Waals surface area contributed by atoms with E-state index in [0.29, 0.717) is 5.69 Å². The number of hydrazone groups is 1. The first-order valence-corrected chi connectivity index (χ1v) is 5.74. The lowest BCUT2D eigenvalue weighted by Crippen LogP contribution is -2.20. The normalized spacial score (nSPS) is 11.5. The van der Waals surface area contributed by atoms with Crippen LogP contribution in [0.3, 0.4) is 0 Å². The number of amides is 1. The SMILES string of the molecule is C/C(=N\NC(=O)c1nonc1C)c1cccs1. The molecule has 17 heavy (non-hydrogen) atoms. The van der Waals surface area contributed by atoms with Crippen LogP contribution in [0.25, 0.3) is 0 Å². The Labute approximate surface area is 101 Å². The van der Waals surface area contributed by atoms with Crippen LogP contribution in [-0.2, 0) is 0 Å². The molecule has 0 radical (unpaired) electrons. The predicted molar refractivity (Wildman–Crippen MR) is 63.0 cm³/mol. The molecule has 0 bridgehead atoms. The van der Waals surface area contributed by atoms with E-state index in [2.05, 4.69) is 25.5 Å². The zero-order valence-corrected chi connectivity index (χ0v) is 10.1. The molecule has 0 aliphatic rings. The molecule has 2 heterocycles. The van der Waals surface area contributed by atoms with Crippen molar-refractivity contribution in [2.45, 2.75) is 13.8 Å². The summed E-state index contributed by atoms with van der Waals surface area (Å²) in [5, 5.41) is 12.9. The average molecular weight is 250 g/mol.